The highest BCUT2D eigenvalue weighted by atomic mass is 16.1. The lowest BCUT2D eigenvalue weighted by molar-refractivity contribution is -0.121. The SMILES string of the molecule is CCC(=O)NCC1CC2c3ccccc3C1c1ccccc12. The van der Waals surface area contributed by atoms with Crippen LogP contribution in [-0.2, 0) is 4.79 Å². The summed E-state index contributed by atoms with van der Waals surface area (Å²) in [7, 11) is 0. The number of benzene rings is 2. The van der Waals surface area contributed by atoms with E-state index in [0.29, 0.717) is 24.2 Å². The van der Waals surface area contributed by atoms with Gasteiger partial charge in [0.05, 0.1) is 0 Å². The Morgan fingerprint density at radius 2 is 1.55 bits per heavy atom. The molecular weight excluding hydrogens is 270 g/mol. The molecule has 112 valence electrons. The monoisotopic (exact) mass is 291 g/mol. The highest BCUT2D eigenvalue weighted by Crippen LogP contribution is 2.54. The molecule has 0 radical (unpaired) electrons. The number of nitrogens with one attached hydrogen (secondary N) is 1. The van der Waals surface area contributed by atoms with Crippen LogP contribution in [-0.4, -0.2) is 12.5 Å². The summed E-state index contributed by atoms with van der Waals surface area (Å²) in [5, 5.41) is 3.11. The first-order valence-corrected chi connectivity index (χ1v) is 8.24. The van der Waals surface area contributed by atoms with Crippen LogP contribution in [0, 0.1) is 5.92 Å². The van der Waals surface area contributed by atoms with Crippen molar-refractivity contribution in [3.8, 4) is 0 Å². The van der Waals surface area contributed by atoms with Crippen molar-refractivity contribution in [2.45, 2.75) is 31.6 Å². The second-order valence-electron chi connectivity index (χ2n) is 6.44. The van der Waals surface area contributed by atoms with E-state index in [9.17, 15) is 4.79 Å². The van der Waals surface area contributed by atoms with Crippen LogP contribution < -0.4 is 5.32 Å². The minimum absolute atomic E-state index is 0.156. The molecule has 2 aromatic carbocycles. The highest BCUT2D eigenvalue weighted by molar-refractivity contribution is 5.75. The normalized spacial score (nSPS) is 24.5. The fourth-order valence-corrected chi connectivity index (χ4v) is 4.33. The van der Waals surface area contributed by atoms with Gasteiger partial charge in [0.1, 0.15) is 0 Å². The molecular formula is C20H21NO. The zero-order valence-electron chi connectivity index (χ0n) is 12.9. The number of hydrogen-bond acceptors (Lipinski definition) is 1. The van der Waals surface area contributed by atoms with Gasteiger partial charge < -0.3 is 5.32 Å². The summed E-state index contributed by atoms with van der Waals surface area (Å²) >= 11 is 0. The number of hydrogen-bond donors (Lipinski definition) is 1. The second kappa shape index (κ2) is 5.28. The third-order valence-corrected chi connectivity index (χ3v) is 5.31. The third-order valence-electron chi connectivity index (χ3n) is 5.31. The average molecular weight is 291 g/mol. The van der Waals surface area contributed by atoms with Gasteiger partial charge in [0, 0.05) is 24.8 Å². The smallest absolute Gasteiger partial charge is 0.219 e. The molecule has 0 saturated heterocycles. The molecule has 3 aliphatic rings. The highest BCUT2D eigenvalue weighted by Gasteiger charge is 2.42. The molecule has 2 heteroatoms. The predicted octanol–water partition coefficient (Wildman–Crippen LogP) is 3.81. The Bertz CT molecular complexity index is 674. The number of fused-ring (bicyclic) bond motifs is 1. The van der Waals surface area contributed by atoms with Crippen molar-refractivity contribution in [2.24, 2.45) is 5.92 Å². The second-order valence-corrected chi connectivity index (χ2v) is 6.44. The first-order chi connectivity index (χ1) is 10.8. The third kappa shape index (κ3) is 1.98. The molecule has 1 atom stereocenters. The van der Waals surface area contributed by atoms with Gasteiger partial charge in [0.2, 0.25) is 5.91 Å². The van der Waals surface area contributed by atoms with Gasteiger partial charge in [-0.05, 0) is 34.6 Å². The van der Waals surface area contributed by atoms with Crippen LogP contribution in [0.3, 0.4) is 0 Å². The molecule has 3 aliphatic carbocycles. The van der Waals surface area contributed by atoms with Crippen LogP contribution >= 0.6 is 0 Å². The fourth-order valence-electron chi connectivity index (χ4n) is 4.33. The number of carbonyl (C=O) groups is 1. The van der Waals surface area contributed by atoms with Crippen LogP contribution in [0.15, 0.2) is 48.5 Å². The lowest BCUT2D eigenvalue weighted by Gasteiger charge is -2.45. The summed E-state index contributed by atoms with van der Waals surface area (Å²) in [5.74, 6) is 1.57. The molecule has 0 saturated carbocycles. The first kappa shape index (κ1) is 13.6. The summed E-state index contributed by atoms with van der Waals surface area (Å²) in [6, 6.07) is 17.7. The van der Waals surface area contributed by atoms with E-state index in [0.717, 1.165) is 13.0 Å². The molecule has 0 aromatic heterocycles. The molecule has 0 fully saturated rings. The van der Waals surface area contributed by atoms with Crippen molar-refractivity contribution in [1.29, 1.82) is 0 Å². The Labute approximate surface area is 131 Å². The van der Waals surface area contributed by atoms with Crippen LogP contribution in [0.1, 0.15) is 53.9 Å². The molecule has 2 bridgehead atoms. The van der Waals surface area contributed by atoms with E-state index in [1.165, 1.54) is 22.3 Å². The van der Waals surface area contributed by atoms with Crippen LogP contribution in [0.25, 0.3) is 0 Å². The molecule has 2 nitrogen and oxygen atoms in total. The fraction of sp³-hybridized carbons (Fsp3) is 0.350. The van der Waals surface area contributed by atoms with Crippen LogP contribution in [0.2, 0.25) is 0 Å². The van der Waals surface area contributed by atoms with E-state index in [4.69, 9.17) is 0 Å². The minimum Gasteiger partial charge on any atom is -0.356 e. The zero-order chi connectivity index (χ0) is 15.1. The minimum atomic E-state index is 0.156. The van der Waals surface area contributed by atoms with Gasteiger partial charge in [-0.2, -0.15) is 0 Å². The standard InChI is InChI=1S/C20H21NO/c1-2-19(22)21-12-13-11-18-14-7-3-5-9-16(14)20(13)17-10-6-4-8-15(17)18/h3-10,13,18,20H,2,11-12H2,1H3,(H,21,22). The van der Waals surface area contributed by atoms with Gasteiger partial charge in [0.25, 0.3) is 0 Å². The van der Waals surface area contributed by atoms with Gasteiger partial charge in [-0.15, -0.1) is 0 Å². The Balaban J connectivity index is 1.74. The van der Waals surface area contributed by atoms with Crippen molar-refractivity contribution in [1.82, 2.24) is 5.32 Å². The Morgan fingerprint density at radius 3 is 2.09 bits per heavy atom. The van der Waals surface area contributed by atoms with Crippen molar-refractivity contribution >= 4 is 5.91 Å². The van der Waals surface area contributed by atoms with Crippen LogP contribution in [0.4, 0.5) is 0 Å². The molecule has 1 N–H and O–H groups in total. The van der Waals surface area contributed by atoms with Crippen molar-refractivity contribution in [3.63, 3.8) is 0 Å². The topological polar surface area (TPSA) is 29.1 Å². The maximum atomic E-state index is 11.6. The summed E-state index contributed by atoms with van der Waals surface area (Å²) in [6.45, 7) is 2.70. The Morgan fingerprint density at radius 1 is 1.00 bits per heavy atom. The summed E-state index contributed by atoms with van der Waals surface area (Å²) < 4.78 is 0. The molecule has 0 aliphatic heterocycles. The molecule has 22 heavy (non-hydrogen) atoms. The summed E-state index contributed by atoms with van der Waals surface area (Å²) in [5.41, 5.74) is 5.91. The summed E-state index contributed by atoms with van der Waals surface area (Å²) in [4.78, 5) is 11.6. The van der Waals surface area contributed by atoms with Crippen LogP contribution in [0.5, 0.6) is 0 Å². The van der Waals surface area contributed by atoms with E-state index in [2.05, 4.69) is 53.8 Å². The average Bonchev–Trinajstić information content (AvgIpc) is 2.59. The predicted molar refractivity (Wildman–Crippen MR) is 88.0 cm³/mol. The van der Waals surface area contributed by atoms with Crippen molar-refractivity contribution < 1.29 is 4.79 Å². The molecule has 2 aromatic rings. The Hall–Kier alpha value is -2.09. The van der Waals surface area contributed by atoms with Gasteiger partial charge in [0.15, 0.2) is 0 Å². The number of rotatable bonds is 3. The van der Waals surface area contributed by atoms with Gasteiger partial charge in [-0.25, -0.2) is 0 Å². The van der Waals surface area contributed by atoms with Gasteiger partial charge in [-0.1, -0.05) is 55.5 Å². The molecule has 1 unspecified atom stereocenters. The number of amides is 1. The quantitative estimate of drug-likeness (QED) is 0.915. The maximum Gasteiger partial charge on any atom is 0.219 e. The van der Waals surface area contributed by atoms with Gasteiger partial charge in [-0.3, -0.25) is 4.79 Å². The van der Waals surface area contributed by atoms with E-state index >= 15 is 0 Å². The molecule has 0 spiro atoms. The number of carbonyl (C=O) groups excluding carboxylic acids is 1. The molecule has 1 amide bonds. The Kier molecular flexibility index (Phi) is 3.25. The van der Waals surface area contributed by atoms with E-state index in [1.807, 2.05) is 6.92 Å². The zero-order valence-corrected chi connectivity index (χ0v) is 12.9. The molecule has 5 rings (SSSR count). The lowest BCUT2D eigenvalue weighted by Crippen LogP contribution is -2.39. The van der Waals surface area contributed by atoms with Gasteiger partial charge >= 0.3 is 0 Å². The first-order valence-electron chi connectivity index (χ1n) is 8.24. The van der Waals surface area contributed by atoms with E-state index in [-0.39, 0.29) is 5.91 Å². The lowest BCUT2D eigenvalue weighted by atomic mass is 9.59. The van der Waals surface area contributed by atoms with Crippen molar-refractivity contribution in [3.05, 3.63) is 70.8 Å². The van der Waals surface area contributed by atoms with E-state index < -0.39 is 0 Å². The van der Waals surface area contributed by atoms with E-state index in [1.54, 1.807) is 0 Å². The molecule has 0 heterocycles. The summed E-state index contributed by atoms with van der Waals surface area (Å²) in [6.07, 6.45) is 1.71. The van der Waals surface area contributed by atoms with Crippen molar-refractivity contribution in [2.75, 3.05) is 6.54 Å². The maximum absolute atomic E-state index is 11.6. The largest absolute Gasteiger partial charge is 0.356 e.